The van der Waals surface area contributed by atoms with E-state index in [4.69, 9.17) is 5.73 Å². The molecule has 0 aromatic heterocycles. The van der Waals surface area contributed by atoms with E-state index in [1.165, 1.54) is 6.07 Å². The summed E-state index contributed by atoms with van der Waals surface area (Å²) in [5, 5.41) is 10.3. The highest BCUT2D eigenvalue weighted by molar-refractivity contribution is 9.10. The summed E-state index contributed by atoms with van der Waals surface area (Å²) >= 11 is 2.95. The second-order valence-electron chi connectivity index (χ2n) is 2.05. The van der Waals surface area contributed by atoms with Crippen molar-refractivity contribution in [3.63, 3.8) is 0 Å². The molecule has 0 unspecified atom stereocenters. The fourth-order valence-corrected chi connectivity index (χ4v) is 1.06. The number of hydrogen-bond donors (Lipinski definition) is 1. The first-order valence-electron chi connectivity index (χ1n) is 2.92. The summed E-state index contributed by atoms with van der Waals surface area (Å²) in [6.07, 6.45) is 0. The van der Waals surface area contributed by atoms with Crippen LogP contribution in [0, 0.1) is 15.9 Å². The van der Waals surface area contributed by atoms with Crippen LogP contribution in [0.25, 0.3) is 0 Å². The van der Waals surface area contributed by atoms with Gasteiger partial charge in [0.1, 0.15) is 5.69 Å². The number of rotatable bonds is 1. The van der Waals surface area contributed by atoms with E-state index in [1.807, 2.05) is 0 Å². The normalized spacial score (nSPS) is 9.83. The molecular weight excluding hydrogens is 231 g/mol. The fourth-order valence-electron chi connectivity index (χ4n) is 0.742. The van der Waals surface area contributed by atoms with Gasteiger partial charge < -0.3 is 5.73 Å². The molecule has 0 fully saturated rings. The van der Waals surface area contributed by atoms with Crippen molar-refractivity contribution in [2.45, 2.75) is 0 Å². The lowest BCUT2D eigenvalue weighted by Crippen LogP contribution is -1.99. The van der Waals surface area contributed by atoms with E-state index in [0.717, 1.165) is 6.07 Å². The fraction of sp³-hybridized carbons (Fsp3) is 0. The first-order chi connectivity index (χ1) is 5.54. The maximum Gasteiger partial charge on any atom is 0.328 e. The number of hydrogen-bond acceptors (Lipinski definition) is 3. The Labute approximate surface area is 75.5 Å². The highest BCUT2D eigenvalue weighted by atomic mass is 79.9. The maximum atomic E-state index is 12.7. The van der Waals surface area contributed by atoms with Crippen molar-refractivity contribution in [1.29, 1.82) is 0 Å². The van der Waals surface area contributed by atoms with Crippen molar-refractivity contribution in [2.24, 2.45) is 0 Å². The van der Waals surface area contributed by atoms with E-state index in [9.17, 15) is 14.5 Å². The van der Waals surface area contributed by atoms with Crippen LogP contribution in [0.3, 0.4) is 0 Å². The standard InChI is InChI=1S/C6H4BrFN2O2/c7-3-1-2-4(8)6(5(3)9)10(11)12/h1-2H,9H2. The molecule has 1 rings (SSSR count). The Morgan fingerprint density at radius 3 is 2.58 bits per heavy atom. The third-order valence-electron chi connectivity index (χ3n) is 1.30. The van der Waals surface area contributed by atoms with E-state index in [-0.39, 0.29) is 5.69 Å². The molecule has 0 heterocycles. The molecule has 0 amide bonds. The highest BCUT2D eigenvalue weighted by Gasteiger charge is 2.19. The molecule has 0 radical (unpaired) electrons. The molecule has 0 aliphatic carbocycles. The molecule has 0 saturated carbocycles. The highest BCUT2D eigenvalue weighted by Crippen LogP contribution is 2.31. The summed E-state index contributed by atoms with van der Waals surface area (Å²) < 4.78 is 13.1. The topological polar surface area (TPSA) is 69.2 Å². The van der Waals surface area contributed by atoms with Crippen molar-refractivity contribution in [2.75, 3.05) is 5.73 Å². The molecule has 2 N–H and O–H groups in total. The SMILES string of the molecule is Nc1c(Br)ccc(F)c1[N+](=O)[O-]. The average Bonchev–Trinajstić information content (AvgIpc) is 1.97. The Hall–Kier alpha value is -1.17. The first kappa shape index (κ1) is 8.92. The Morgan fingerprint density at radius 2 is 2.17 bits per heavy atom. The zero-order valence-corrected chi connectivity index (χ0v) is 7.34. The molecule has 64 valence electrons. The van der Waals surface area contributed by atoms with Crippen LogP contribution in [0.2, 0.25) is 0 Å². The molecule has 0 aliphatic rings. The number of benzene rings is 1. The number of halogens is 2. The Kier molecular flexibility index (Phi) is 2.27. The summed E-state index contributed by atoms with van der Waals surface area (Å²) in [5.41, 5.74) is 4.37. The van der Waals surface area contributed by atoms with Gasteiger partial charge in [0.2, 0.25) is 5.82 Å². The Morgan fingerprint density at radius 1 is 1.58 bits per heavy atom. The molecular formula is C6H4BrFN2O2. The van der Waals surface area contributed by atoms with Crippen LogP contribution in [0.4, 0.5) is 15.8 Å². The summed E-state index contributed by atoms with van der Waals surface area (Å²) in [6, 6.07) is 2.30. The van der Waals surface area contributed by atoms with E-state index in [0.29, 0.717) is 4.47 Å². The Bertz CT molecular complexity index is 343. The molecule has 0 atom stereocenters. The molecule has 0 spiro atoms. The van der Waals surface area contributed by atoms with Crippen LogP contribution in [0.1, 0.15) is 0 Å². The van der Waals surface area contributed by atoms with Gasteiger partial charge in [0, 0.05) is 4.47 Å². The number of nitro groups is 1. The number of nitrogen functional groups attached to an aromatic ring is 1. The van der Waals surface area contributed by atoms with Gasteiger partial charge >= 0.3 is 5.69 Å². The minimum atomic E-state index is -0.930. The lowest BCUT2D eigenvalue weighted by atomic mass is 10.2. The minimum Gasteiger partial charge on any atom is -0.392 e. The predicted octanol–water partition coefficient (Wildman–Crippen LogP) is 2.08. The van der Waals surface area contributed by atoms with Crippen LogP contribution < -0.4 is 5.73 Å². The summed E-state index contributed by atoms with van der Waals surface area (Å²) in [6.45, 7) is 0. The van der Waals surface area contributed by atoms with E-state index in [2.05, 4.69) is 15.9 Å². The molecule has 0 bridgehead atoms. The summed E-state index contributed by atoms with van der Waals surface area (Å²) in [5.74, 6) is -0.930. The van der Waals surface area contributed by atoms with Gasteiger partial charge in [-0.2, -0.15) is 4.39 Å². The molecule has 0 saturated heterocycles. The predicted molar refractivity (Wildman–Crippen MR) is 45.2 cm³/mol. The summed E-state index contributed by atoms with van der Waals surface area (Å²) in [4.78, 5) is 9.41. The molecule has 6 heteroatoms. The van der Waals surface area contributed by atoms with E-state index in [1.54, 1.807) is 0 Å². The van der Waals surface area contributed by atoms with Crippen LogP contribution >= 0.6 is 15.9 Å². The van der Waals surface area contributed by atoms with Gasteiger partial charge in [0.05, 0.1) is 4.92 Å². The number of anilines is 1. The monoisotopic (exact) mass is 234 g/mol. The second kappa shape index (κ2) is 3.06. The van der Waals surface area contributed by atoms with Crippen molar-refractivity contribution in [1.82, 2.24) is 0 Å². The van der Waals surface area contributed by atoms with Gasteiger partial charge in [-0.1, -0.05) is 0 Å². The minimum absolute atomic E-state index is 0.194. The zero-order valence-electron chi connectivity index (χ0n) is 5.75. The molecule has 1 aromatic carbocycles. The van der Waals surface area contributed by atoms with Crippen molar-refractivity contribution >= 4 is 27.3 Å². The van der Waals surface area contributed by atoms with Crippen LogP contribution in [0.5, 0.6) is 0 Å². The lowest BCUT2D eigenvalue weighted by molar-refractivity contribution is -0.386. The van der Waals surface area contributed by atoms with Gasteiger partial charge in [-0.05, 0) is 28.1 Å². The summed E-state index contributed by atoms with van der Waals surface area (Å²) in [7, 11) is 0. The van der Waals surface area contributed by atoms with Crippen LogP contribution in [-0.2, 0) is 0 Å². The van der Waals surface area contributed by atoms with Crippen molar-refractivity contribution < 1.29 is 9.31 Å². The third-order valence-corrected chi connectivity index (χ3v) is 1.99. The first-order valence-corrected chi connectivity index (χ1v) is 3.71. The van der Waals surface area contributed by atoms with Crippen LogP contribution in [-0.4, -0.2) is 4.92 Å². The number of nitrogens with two attached hydrogens (primary N) is 1. The lowest BCUT2D eigenvalue weighted by Gasteiger charge is -1.99. The quantitative estimate of drug-likeness (QED) is 0.460. The third kappa shape index (κ3) is 1.38. The van der Waals surface area contributed by atoms with Gasteiger partial charge in [-0.15, -0.1) is 0 Å². The zero-order chi connectivity index (χ0) is 9.30. The largest absolute Gasteiger partial charge is 0.392 e. The number of nitro benzene ring substituents is 1. The van der Waals surface area contributed by atoms with E-state index < -0.39 is 16.4 Å². The molecule has 4 nitrogen and oxygen atoms in total. The van der Waals surface area contributed by atoms with Gasteiger partial charge in [0.15, 0.2) is 0 Å². The van der Waals surface area contributed by atoms with Gasteiger partial charge in [-0.3, -0.25) is 10.1 Å². The van der Waals surface area contributed by atoms with Crippen molar-refractivity contribution in [3.8, 4) is 0 Å². The maximum absolute atomic E-state index is 12.7. The van der Waals surface area contributed by atoms with E-state index >= 15 is 0 Å². The molecule has 0 aliphatic heterocycles. The van der Waals surface area contributed by atoms with Gasteiger partial charge in [-0.25, -0.2) is 0 Å². The average molecular weight is 235 g/mol. The molecule has 1 aromatic rings. The smallest absolute Gasteiger partial charge is 0.328 e. The Balaban J connectivity index is 3.43. The van der Waals surface area contributed by atoms with Gasteiger partial charge in [0.25, 0.3) is 0 Å². The van der Waals surface area contributed by atoms with Crippen LogP contribution in [0.15, 0.2) is 16.6 Å². The molecule has 12 heavy (non-hydrogen) atoms. The second-order valence-corrected chi connectivity index (χ2v) is 2.90. The van der Waals surface area contributed by atoms with Crippen molar-refractivity contribution in [3.05, 3.63) is 32.5 Å². The number of nitrogens with zero attached hydrogens (tertiary/aromatic N) is 1.